The summed E-state index contributed by atoms with van der Waals surface area (Å²) in [5, 5.41) is 17.1. The number of pyridine rings is 2. The van der Waals surface area contributed by atoms with Crippen molar-refractivity contribution in [3.63, 3.8) is 0 Å². The van der Waals surface area contributed by atoms with Crippen LogP contribution in [0.5, 0.6) is 0 Å². The Labute approximate surface area is 234 Å². The summed E-state index contributed by atoms with van der Waals surface area (Å²) in [6, 6.07) is 8.11. The van der Waals surface area contributed by atoms with Crippen LogP contribution in [0.4, 0.5) is 10.2 Å². The molecule has 10 heteroatoms. The average molecular weight is 556 g/mol. The summed E-state index contributed by atoms with van der Waals surface area (Å²) in [5.41, 5.74) is 3.86. The van der Waals surface area contributed by atoms with Gasteiger partial charge < -0.3 is 20.3 Å². The molecule has 1 saturated carbocycles. The molecule has 0 radical (unpaired) electrons. The molecule has 2 atom stereocenters. The summed E-state index contributed by atoms with van der Waals surface area (Å²) in [6.45, 7) is 2.16. The number of hydrogen-bond acceptors (Lipinski definition) is 7. The molecule has 0 bridgehead atoms. The van der Waals surface area contributed by atoms with Gasteiger partial charge in [0.25, 0.3) is 0 Å². The summed E-state index contributed by atoms with van der Waals surface area (Å²) < 4.78 is 14.1. The van der Waals surface area contributed by atoms with E-state index in [4.69, 9.17) is 21.6 Å². The summed E-state index contributed by atoms with van der Waals surface area (Å²) >= 11 is 6.42. The third-order valence-electron chi connectivity index (χ3n) is 8.71. The molecule has 6 heterocycles. The number of aliphatic hydroxyl groups is 1. The van der Waals surface area contributed by atoms with Crippen molar-refractivity contribution >= 4 is 39.4 Å². The Kier molecular flexibility index (Phi) is 5.39. The van der Waals surface area contributed by atoms with Crippen LogP contribution < -0.4 is 10.2 Å². The Morgan fingerprint density at radius 1 is 1.07 bits per heavy atom. The van der Waals surface area contributed by atoms with Gasteiger partial charge in [0, 0.05) is 53.1 Å². The summed E-state index contributed by atoms with van der Waals surface area (Å²) in [4.78, 5) is 24.9. The number of anilines is 1. The van der Waals surface area contributed by atoms with Crippen molar-refractivity contribution in [3.05, 3.63) is 65.3 Å². The van der Waals surface area contributed by atoms with Crippen LogP contribution in [0.25, 0.3) is 44.6 Å². The molecule has 40 heavy (non-hydrogen) atoms. The van der Waals surface area contributed by atoms with Gasteiger partial charge in [0.15, 0.2) is 5.82 Å². The number of hydrogen-bond donors (Lipinski definition) is 3. The minimum Gasteiger partial charge on any atom is -0.386 e. The minimum absolute atomic E-state index is 0.0219. The van der Waals surface area contributed by atoms with E-state index in [1.807, 2.05) is 24.5 Å². The van der Waals surface area contributed by atoms with Crippen molar-refractivity contribution in [2.45, 2.75) is 43.2 Å². The van der Waals surface area contributed by atoms with Gasteiger partial charge in [0.1, 0.15) is 17.3 Å². The lowest BCUT2D eigenvalue weighted by Gasteiger charge is -2.39. The predicted octanol–water partition coefficient (Wildman–Crippen LogP) is 5.21. The number of H-pyrrole nitrogens is 1. The molecule has 1 aliphatic carbocycles. The molecule has 4 aromatic heterocycles. The second-order valence-corrected chi connectivity index (χ2v) is 11.6. The standard InChI is InChI=1S/C30H27ClFN7O/c31-22-4-3-17(32)11-20(22)23-12-19-18(5-9-35-27(19)36-23)28-37-24-14-34-13-21(16-1-2-16)26(24)29(38-28)39-10-7-30(40)15-33-8-6-25(30)39/h3-5,9,11-14,16,25,33,40H,1-2,6-8,10,15H2,(H,35,36)/t25-,30-/m0/s1. The smallest absolute Gasteiger partial charge is 0.163 e. The first-order chi connectivity index (χ1) is 19.5. The monoisotopic (exact) mass is 555 g/mol. The van der Waals surface area contributed by atoms with Gasteiger partial charge in [-0.2, -0.15) is 0 Å². The molecule has 2 saturated heterocycles. The Balaban J connectivity index is 1.33. The number of aromatic nitrogens is 5. The number of benzene rings is 1. The second-order valence-electron chi connectivity index (χ2n) is 11.2. The zero-order valence-electron chi connectivity index (χ0n) is 21.7. The van der Waals surface area contributed by atoms with E-state index in [1.54, 1.807) is 12.3 Å². The third kappa shape index (κ3) is 3.79. The average Bonchev–Trinajstić information content (AvgIpc) is 3.62. The van der Waals surface area contributed by atoms with Crippen molar-refractivity contribution in [3.8, 4) is 22.6 Å². The molecule has 0 spiro atoms. The lowest BCUT2D eigenvalue weighted by molar-refractivity contribution is 0.0159. The summed E-state index contributed by atoms with van der Waals surface area (Å²) in [7, 11) is 0. The number of rotatable bonds is 4. The van der Waals surface area contributed by atoms with Crippen molar-refractivity contribution in [1.82, 2.24) is 30.2 Å². The van der Waals surface area contributed by atoms with E-state index < -0.39 is 5.60 Å². The van der Waals surface area contributed by atoms with E-state index in [0.29, 0.717) is 46.6 Å². The molecule has 2 aliphatic heterocycles. The van der Waals surface area contributed by atoms with Gasteiger partial charge in [-0.25, -0.2) is 19.3 Å². The fourth-order valence-corrected chi connectivity index (χ4v) is 6.77. The third-order valence-corrected chi connectivity index (χ3v) is 9.03. The minimum atomic E-state index is -0.786. The quantitative estimate of drug-likeness (QED) is 0.280. The molecule has 202 valence electrons. The van der Waals surface area contributed by atoms with Crippen molar-refractivity contribution in [2.24, 2.45) is 0 Å². The largest absolute Gasteiger partial charge is 0.386 e. The second kappa shape index (κ2) is 8.92. The first-order valence-electron chi connectivity index (χ1n) is 13.8. The zero-order chi connectivity index (χ0) is 27.0. The van der Waals surface area contributed by atoms with Crippen molar-refractivity contribution < 1.29 is 9.50 Å². The summed E-state index contributed by atoms with van der Waals surface area (Å²) in [5.74, 6) is 1.52. The highest BCUT2D eigenvalue weighted by Crippen LogP contribution is 2.47. The van der Waals surface area contributed by atoms with Gasteiger partial charge in [-0.05, 0) is 74.0 Å². The highest BCUT2D eigenvalue weighted by Gasteiger charge is 2.48. The first kappa shape index (κ1) is 24.2. The van der Waals surface area contributed by atoms with Crippen LogP contribution in [-0.4, -0.2) is 61.3 Å². The molecule has 0 amide bonds. The highest BCUT2D eigenvalue weighted by atomic mass is 35.5. The van der Waals surface area contributed by atoms with E-state index in [1.165, 1.54) is 17.7 Å². The van der Waals surface area contributed by atoms with Crippen LogP contribution in [0.2, 0.25) is 5.02 Å². The molecule has 8 rings (SSSR count). The molecule has 1 aromatic carbocycles. The van der Waals surface area contributed by atoms with Gasteiger partial charge in [-0.3, -0.25) is 4.98 Å². The van der Waals surface area contributed by atoms with Crippen LogP contribution >= 0.6 is 11.6 Å². The van der Waals surface area contributed by atoms with Crippen LogP contribution in [-0.2, 0) is 0 Å². The summed E-state index contributed by atoms with van der Waals surface area (Å²) in [6.07, 6.45) is 9.30. The first-order valence-corrected chi connectivity index (χ1v) is 14.2. The Bertz CT molecular complexity index is 1800. The maximum atomic E-state index is 14.1. The van der Waals surface area contributed by atoms with Crippen LogP contribution in [0.1, 0.15) is 37.2 Å². The van der Waals surface area contributed by atoms with Gasteiger partial charge in [0.05, 0.1) is 28.4 Å². The molecular weight excluding hydrogens is 529 g/mol. The fraction of sp³-hybridized carbons (Fsp3) is 0.333. The van der Waals surface area contributed by atoms with E-state index >= 15 is 0 Å². The number of nitrogens with zero attached hydrogens (tertiary/aromatic N) is 5. The molecule has 5 aromatic rings. The maximum absolute atomic E-state index is 14.1. The Morgan fingerprint density at radius 2 is 1.98 bits per heavy atom. The molecule has 0 unspecified atom stereocenters. The van der Waals surface area contributed by atoms with E-state index in [0.717, 1.165) is 60.0 Å². The molecule has 3 N–H and O–H groups in total. The van der Waals surface area contributed by atoms with Crippen LogP contribution in [0.15, 0.2) is 48.9 Å². The van der Waals surface area contributed by atoms with Crippen molar-refractivity contribution in [2.75, 3.05) is 24.5 Å². The van der Waals surface area contributed by atoms with Crippen molar-refractivity contribution in [1.29, 1.82) is 0 Å². The van der Waals surface area contributed by atoms with Gasteiger partial charge in [0.2, 0.25) is 0 Å². The Hall–Kier alpha value is -3.66. The predicted molar refractivity (Wildman–Crippen MR) is 153 cm³/mol. The fourth-order valence-electron chi connectivity index (χ4n) is 6.55. The zero-order valence-corrected chi connectivity index (χ0v) is 22.4. The lowest BCUT2D eigenvalue weighted by Crippen LogP contribution is -2.56. The molecule has 8 nitrogen and oxygen atoms in total. The normalized spacial score (nSPS) is 22.8. The molecular formula is C30H27ClFN7O. The number of β-amino-alcohol motifs (C(OH)–C–C–N with tert-alkyl or cyclic N) is 1. The van der Waals surface area contributed by atoms with Crippen LogP contribution in [0, 0.1) is 5.82 Å². The highest BCUT2D eigenvalue weighted by molar-refractivity contribution is 6.33. The number of aromatic amines is 1. The lowest BCUT2D eigenvalue weighted by atomic mass is 9.89. The molecule has 3 aliphatic rings. The maximum Gasteiger partial charge on any atom is 0.163 e. The van der Waals surface area contributed by atoms with Crippen LogP contribution in [0.3, 0.4) is 0 Å². The van der Waals surface area contributed by atoms with E-state index in [-0.39, 0.29) is 11.9 Å². The topological polar surface area (TPSA) is 103 Å². The number of halogens is 2. The van der Waals surface area contributed by atoms with E-state index in [9.17, 15) is 9.50 Å². The Morgan fingerprint density at radius 3 is 2.85 bits per heavy atom. The SMILES string of the molecule is O[C@]12CCN(c3nc(-c4ccnc5[nH]c(-c6cc(F)ccc6Cl)cc45)nc4cncc(C5CC5)c34)[C@H]1CCNC2. The number of piperidine rings is 1. The van der Waals surface area contributed by atoms with Gasteiger partial charge in [-0.15, -0.1) is 0 Å². The number of fused-ring (bicyclic) bond motifs is 3. The number of nitrogens with one attached hydrogen (secondary N) is 2. The molecule has 3 fully saturated rings. The van der Waals surface area contributed by atoms with E-state index in [2.05, 4.69) is 25.2 Å². The van der Waals surface area contributed by atoms with Gasteiger partial charge >= 0.3 is 0 Å². The van der Waals surface area contributed by atoms with Gasteiger partial charge in [-0.1, -0.05) is 11.6 Å².